The van der Waals surface area contributed by atoms with Gasteiger partial charge in [-0.1, -0.05) is 24.3 Å². The topological polar surface area (TPSA) is 123 Å². The minimum atomic E-state index is 0.269. The summed E-state index contributed by atoms with van der Waals surface area (Å²) in [7, 11) is 0. The standard InChI is InChI=1S/C18H18N4O2/c19-11-5-1-3-7-14(11)23-16-10-9-13(21)17(22)18(16)24-15-8-4-2-6-12(15)20/h1-10H,19-22H2. The summed E-state index contributed by atoms with van der Waals surface area (Å²) in [5.74, 6) is 1.63. The van der Waals surface area contributed by atoms with Crippen LogP contribution in [0.15, 0.2) is 60.7 Å². The van der Waals surface area contributed by atoms with Gasteiger partial charge in [0.15, 0.2) is 23.0 Å². The molecule has 0 fully saturated rings. The second-order valence-corrected chi connectivity index (χ2v) is 5.18. The van der Waals surface area contributed by atoms with E-state index in [4.69, 9.17) is 32.4 Å². The fraction of sp³-hybridized carbons (Fsp3) is 0. The first-order chi connectivity index (χ1) is 11.6. The first-order valence-corrected chi connectivity index (χ1v) is 7.29. The van der Waals surface area contributed by atoms with Crippen molar-refractivity contribution in [2.24, 2.45) is 0 Å². The lowest BCUT2D eigenvalue weighted by Gasteiger charge is -2.17. The predicted octanol–water partition coefficient (Wildman–Crippen LogP) is 3.60. The highest BCUT2D eigenvalue weighted by atomic mass is 16.5. The van der Waals surface area contributed by atoms with E-state index in [2.05, 4.69) is 0 Å². The summed E-state index contributed by atoms with van der Waals surface area (Å²) in [4.78, 5) is 0. The maximum absolute atomic E-state index is 6.07. The number of rotatable bonds is 4. The van der Waals surface area contributed by atoms with Crippen LogP contribution in [0, 0.1) is 0 Å². The van der Waals surface area contributed by atoms with Crippen molar-refractivity contribution in [2.45, 2.75) is 0 Å². The van der Waals surface area contributed by atoms with E-state index in [0.717, 1.165) is 0 Å². The minimum Gasteiger partial charge on any atom is -0.451 e. The van der Waals surface area contributed by atoms with Crippen LogP contribution in [0.5, 0.6) is 23.0 Å². The molecule has 0 aliphatic rings. The third-order valence-corrected chi connectivity index (χ3v) is 3.46. The van der Waals surface area contributed by atoms with E-state index in [1.54, 1.807) is 36.4 Å². The summed E-state index contributed by atoms with van der Waals surface area (Å²) in [6.45, 7) is 0. The Morgan fingerprint density at radius 3 is 1.62 bits per heavy atom. The SMILES string of the molecule is Nc1ccccc1Oc1ccc(N)c(N)c1Oc1ccccc1N. The van der Waals surface area contributed by atoms with E-state index < -0.39 is 0 Å². The van der Waals surface area contributed by atoms with E-state index in [1.165, 1.54) is 0 Å². The molecule has 0 aliphatic carbocycles. The highest BCUT2D eigenvalue weighted by Gasteiger charge is 2.16. The van der Waals surface area contributed by atoms with Gasteiger partial charge in [-0.05, 0) is 36.4 Å². The summed E-state index contributed by atoms with van der Waals surface area (Å²) in [5, 5.41) is 0. The number of nitrogens with two attached hydrogens (primary N) is 4. The van der Waals surface area contributed by atoms with Gasteiger partial charge in [0.2, 0.25) is 0 Å². The summed E-state index contributed by atoms with van der Waals surface area (Å²) in [6.07, 6.45) is 0. The number of hydrogen-bond acceptors (Lipinski definition) is 6. The van der Waals surface area contributed by atoms with Crippen molar-refractivity contribution < 1.29 is 9.47 Å². The van der Waals surface area contributed by atoms with Gasteiger partial charge in [-0.3, -0.25) is 0 Å². The monoisotopic (exact) mass is 322 g/mol. The van der Waals surface area contributed by atoms with Crippen LogP contribution < -0.4 is 32.4 Å². The number of benzene rings is 3. The molecule has 6 nitrogen and oxygen atoms in total. The van der Waals surface area contributed by atoms with Crippen molar-refractivity contribution in [2.75, 3.05) is 22.9 Å². The molecule has 0 heterocycles. The van der Waals surface area contributed by atoms with Crippen LogP contribution in [0.2, 0.25) is 0 Å². The summed E-state index contributed by atoms with van der Waals surface area (Å²) in [5.41, 5.74) is 25.4. The quantitative estimate of drug-likeness (QED) is 0.544. The molecule has 3 rings (SSSR count). The Labute approximate surface area is 139 Å². The summed E-state index contributed by atoms with van der Waals surface area (Å²) in [6, 6.07) is 17.5. The number of nitrogen functional groups attached to an aromatic ring is 4. The van der Waals surface area contributed by atoms with Crippen molar-refractivity contribution in [1.29, 1.82) is 0 Å². The van der Waals surface area contributed by atoms with Crippen molar-refractivity contribution in [3.8, 4) is 23.0 Å². The number of anilines is 4. The zero-order valence-corrected chi connectivity index (χ0v) is 12.9. The van der Waals surface area contributed by atoms with Crippen LogP contribution in [0.25, 0.3) is 0 Å². The van der Waals surface area contributed by atoms with Crippen molar-refractivity contribution >= 4 is 22.7 Å². The molecule has 24 heavy (non-hydrogen) atoms. The van der Waals surface area contributed by atoms with Gasteiger partial charge < -0.3 is 32.4 Å². The Hall–Kier alpha value is -3.54. The number of para-hydroxylation sites is 4. The van der Waals surface area contributed by atoms with Gasteiger partial charge >= 0.3 is 0 Å². The Morgan fingerprint density at radius 1 is 0.500 bits per heavy atom. The van der Waals surface area contributed by atoms with E-state index in [-0.39, 0.29) is 11.4 Å². The molecule has 0 saturated carbocycles. The van der Waals surface area contributed by atoms with Gasteiger partial charge in [-0.15, -0.1) is 0 Å². The molecule has 0 atom stereocenters. The highest BCUT2D eigenvalue weighted by Crippen LogP contribution is 2.44. The third kappa shape index (κ3) is 2.98. The summed E-state index contributed by atoms with van der Waals surface area (Å²) >= 11 is 0. The zero-order chi connectivity index (χ0) is 17.1. The van der Waals surface area contributed by atoms with Gasteiger partial charge in [-0.25, -0.2) is 0 Å². The molecule has 122 valence electrons. The second-order valence-electron chi connectivity index (χ2n) is 5.18. The lowest BCUT2D eigenvalue weighted by Crippen LogP contribution is -2.02. The van der Waals surface area contributed by atoms with Gasteiger partial charge in [0.1, 0.15) is 5.69 Å². The predicted molar refractivity (Wildman–Crippen MR) is 97.1 cm³/mol. The molecule has 0 unspecified atom stereocenters. The van der Waals surface area contributed by atoms with Crippen LogP contribution in [-0.2, 0) is 0 Å². The van der Waals surface area contributed by atoms with Crippen LogP contribution in [0.4, 0.5) is 22.7 Å². The first kappa shape index (κ1) is 15.4. The number of hydrogen-bond donors (Lipinski definition) is 4. The van der Waals surface area contributed by atoms with Gasteiger partial charge in [0, 0.05) is 0 Å². The Bertz CT molecular complexity index is 881. The molecule has 0 radical (unpaired) electrons. The maximum atomic E-state index is 6.07. The Morgan fingerprint density at radius 2 is 1.04 bits per heavy atom. The number of ether oxygens (including phenoxy) is 2. The van der Waals surface area contributed by atoms with Gasteiger partial charge in [0.05, 0.1) is 17.1 Å². The molecule has 0 aromatic heterocycles. The fourth-order valence-electron chi connectivity index (χ4n) is 2.16. The molecule has 0 bridgehead atoms. The smallest absolute Gasteiger partial charge is 0.194 e. The lowest BCUT2D eigenvalue weighted by atomic mass is 10.2. The minimum absolute atomic E-state index is 0.269. The molecular formula is C18H18N4O2. The molecule has 0 spiro atoms. The second kappa shape index (κ2) is 6.29. The van der Waals surface area contributed by atoms with Crippen LogP contribution in [0.3, 0.4) is 0 Å². The maximum Gasteiger partial charge on any atom is 0.194 e. The van der Waals surface area contributed by atoms with Crippen LogP contribution in [0.1, 0.15) is 0 Å². The average Bonchev–Trinajstić information content (AvgIpc) is 2.58. The van der Waals surface area contributed by atoms with Crippen molar-refractivity contribution in [3.63, 3.8) is 0 Å². The molecule has 0 aliphatic heterocycles. The first-order valence-electron chi connectivity index (χ1n) is 7.29. The lowest BCUT2D eigenvalue weighted by molar-refractivity contribution is 0.423. The largest absolute Gasteiger partial charge is 0.451 e. The molecule has 6 heteroatoms. The van der Waals surface area contributed by atoms with Crippen LogP contribution >= 0.6 is 0 Å². The molecule has 0 amide bonds. The molecule has 3 aromatic rings. The van der Waals surface area contributed by atoms with Gasteiger partial charge in [0.25, 0.3) is 0 Å². The van der Waals surface area contributed by atoms with E-state index in [1.807, 2.05) is 24.3 Å². The van der Waals surface area contributed by atoms with Crippen molar-refractivity contribution in [1.82, 2.24) is 0 Å². The third-order valence-electron chi connectivity index (χ3n) is 3.46. The molecule has 3 aromatic carbocycles. The van der Waals surface area contributed by atoms with E-state index in [0.29, 0.717) is 34.3 Å². The average molecular weight is 322 g/mol. The Balaban J connectivity index is 2.03. The molecule has 8 N–H and O–H groups in total. The highest BCUT2D eigenvalue weighted by molar-refractivity contribution is 5.76. The summed E-state index contributed by atoms with van der Waals surface area (Å²) < 4.78 is 11.7. The van der Waals surface area contributed by atoms with Crippen molar-refractivity contribution in [3.05, 3.63) is 60.7 Å². The van der Waals surface area contributed by atoms with Crippen LogP contribution in [-0.4, -0.2) is 0 Å². The zero-order valence-electron chi connectivity index (χ0n) is 12.9. The normalized spacial score (nSPS) is 10.3. The molecule has 0 saturated heterocycles. The molecular weight excluding hydrogens is 304 g/mol. The van der Waals surface area contributed by atoms with E-state index >= 15 is 0 Å². The van der Waals surface area contributed by atoms with E-state index in [9.17, 15) is 0 Å². The Kier molecular flexibility index (Phi) is 4.03. The van der Waals surface area contributed by atoms with Gasteiger partial charge in [-0.2, -0.15) is 0 Å². The fourth-order valence-corrected chi connectivity index (χ4v) is 2.16.